The van der Waals surface area contributed by atoms with E-state index >= 15 is 0 Å². The van der Waals surface area contributed by atoms with Gasteiger partial charge in [0.1, 0.15) is 0 Å². The fourth-order valence-electron chi connectivity index (χ4n) is 1.68. The van der Waals surface area contributed by atoms with Crippen LogP contribution >= 0.6 is 15.9 Å². The largest absolute Gasteiger partial charge is 0.478 e. The zero-order valence-corrected chi connectivity index (χ0v) is 13.0. The smallest absolute Gasteiger partial charge is 0.260 e. The third-order valence-corrected chi connectivity index (χ3v) is 3.17. The van der Waals surface area contributed by atoms with Gasteiger partial charge in [0.05, 0.1) is 0 Å². The molecule has 1 aromatic carbocycles. The standard InChI is InChI=1S/C14H19BrFNO2/c1-4-5-9(2)17-14(18)10(3)19-13-8-11(15)6-7-12(13)16/h6-10H,4-5H2,1-3H3,(H,17,18). The van der Waals surface area contributed by atoms with E-state index in [-0.39, 0.29) is 17.7 Å². The lowest BCUT2D eigenvalue weighted by atomic mass is 10.2. The van der Waals surface area contributed by atoms with E-state index in [1.54, 1.807) is 13.0 Å². The van der Waals surface area contributed by atoms with Crippen molar-refractivity contribution in [1.29, 1.82) is 0 Å². The van der Waals surface area contributed by atoms with Crippen LogP contribution in [-0.4, -0.2) is 18.1 Å². The number of carbonyl (C=O) groups excluding carboxylic acids is 1. The Balaban J connectivity index is 2.61. The molecule has 106 valence electrons. The van der Waals surface area contributed by atoms with Crippen molar-refractivity contribution in [2.24, 2.45) is 0 Å². The predicted octanol–water partition coefficient (Wildman–Crippen LogP) is 3.66. The molecule has 0 spiro atoms. The van der Waals surface area contributed by atoms with Crippen LogP contribution in [0.15, 0.2) is 22.7 Å². The summed E-state index contributed by atoms with van der Waals surface area (Å²) in [5.41, 5.74) is 0. The molecule has 0 bridgehead atoms. The van der Waals surface area contributed by atoms with Crippen molar-refractivity contribution in [1.82, 2.24) is 5.32 Å². The normalized spacial score (nSPS) is 13.7. The molecule has 1 rings (SSSR count). The highest BCUT2D eigenvalue weighted by Crippen LogP contribution is 2.23. The Kier molecular flexibility index (Phi) is 6.28. The summed E-state index contributed by atoms with van der Waals surface area (Å²) < 4.78 is 19.6. The van der Waals surface area contributed by atoms with E-state index in [0.29, 0.717) is 4.47 Å². The molecule has 0 saturated heterocycles. The number of rotatable bonds is 6. The molecule has 0 aromatic heterocycles. The van der Waals surface area contributed by atoms with Gasteiger partial charge < -0.3 is 10.1 Å². The number of nitrogens with one attached hydrogen (secondary N) is 1. The number of benzene rings is 1. The minimum Gasteiger partial charge on any atom is -0.478 e. The molecule has 0 aliphatic rings. The molecule has 5 heteroatoms. The number of halogens is 2. The van der Waals surface area contributed by atoms with Crippen molar-refractivity contribution in [3.8, 4) is 5.75 Å². The molecule has 2 atom stereocenters. The van der Waals surface area contributed by atoms with E-state index in [2.05, 4.69) is 28.2 Å². The van der Waals surface area contributed by atoms with E-state index in [0.717, 1.165) is 12.8 Å². The van der Waals surface area contributed by atoms with Crippen LogP contribution in [0.5, 0.6) is 5.75 Å². The van der Waals surface area contributed by atoms with E-state index < -0.39 is 11.9 Å². The first-order valence-corrected chi connectivity index (χ1v) is 7.15. The van der Waals surface area contributed by atoms with Crippen LogP contribution < -0.4 is 10.1 Å². The van der Waals surface area contributed by atoms with Gasteiger partial charge in [-0.2, -0.15) is 0 Å². The SMILES string of the molecule is CCCC(C)NC(=O)C(C)Oc1cc(Br)ccc1F. The summed E-state index contributed by atoms with van der Waals surface area (Å²) in [4.78, 5) is 11.9. The summed E-state index contributed by atoms with van der Waals surface area (Å²) in [5, 5.41) is 2.84. The Hall–Kier alpha value is -1.10. The van der Waals surface area contributed by atoms with Crippen molar-refractivity contribution in [3.63, 3.8) is 0 Å². The molecule has 2 unspecified atom stereocenters. The second-order valence-electron chi connectivity index (χ2n) is 4.53. The molecule has 0 aliphatic heterocycles. The second kappa shape index (κ2) is 7.48. The van der Waals surface area contributed by atoms with Crippen LogP contribution in [0.2, 0.25) is 0 Å². The lowest BCUT2D eigenvalue weighted by molar-refractivity contribution is -0.128. The molecule has 3 nitrogen and oxygen atoms in total. The number of ether oxygens (including phenoxy) is 1. The molecule has 19 heavy (non-hydrogen) atoms. The molecule has 0 radical (unpaired) electrons. The maximum atomic E-state index is 13.5. The number of carbonyl (C=O) groups is 1. The topological polar surface area (TPSA) is 38.3 Å². The zero-order chi connectivity index (χ0) is 14.4. The summed E-state index contributed by atoms with van der Waals surface area (Å²) in [5.74, 6) is -0.648. The van der Waals surface area contributed by atoms with Crippen LogP contribution in [0.1, 0.15) is 33.6 Å². The monoisotopic (exact) mass is 331 g/mol. The van der Waals surface area contributed by atoms with Crippen molar-refractivity contribution in [3.05, 3.63) is 28.5 Å². The first-order chi connectivity index (χ1) is 8.93. The number of amides is 1. The summed E-state index contributed by atoms with van der Waals surface area (Å²) in [6.07, 6.45) is 1.17. The van der Waals surface area contributed by atoms with E-state index in [1.807, 2.05) is 6.92 Å². The molecule has 1 aromatic rings. The maximum absolute atomic E-state index is 13.5. The Bertz CT molecular complexity index is 439. The molecule has 1 N–H and O–H groups in total. The van der Waals surface area contributed by atoms with E-state index in [4.69, 9.17) is 4.74 Å². The van der Waals surface area contributed by atoms with Gasteiger partial charge in [-0.3, -0.25) is 4.79 Å². The Morgan fingerprint density at radius 3 is 2.79 bits per heavy atom. The van der Waals surface area contributed by atoms with Crippen LogP contribution in [0.4, 0.5) is 4.39 Å². The Morgan fingerprint density at radius 1 is 1.47 bits per heavy atom. The summed E-state index contributed by atoms with van der Waals surface area (Å²) in [7, 11) is 0. The Morgan fingerprint density at radius 2 is 2.16 bits per heavy atom. The Labute approximate surface area is 121 Å². The third-order valence-electron chi connectivity index (χ3n) is 2.68. The van der Waals surface area contributed by atoms with Crippen LogP contribution in [0.25, 0.3) is 0 Å². The average Bonchev–Trinajstić information content (AvgIpc) is 2.34. The van der Waals surface area contributed by atoms with Crippen LogP contribution in [0, 0.1) is 5.82 Å². The van der Waals surface area contributed by atoms with E-state index in [9.17, 15) is 9.18 Å². The van der Waals surface area contributed by atoms with Gasteiger partial charge in [0.15, 0.2) is 17.7 Å². The quantitative estimate of drug-likeness (QED) is 0.863. The molecule has 1 amide bonds. The summed E-state index contributed by atoms with van der Waals surface area (Å²) in [6, 6.07) is 4.48. The zero-order valence-electron chi connectivity index (χ0n) is 11.4. The molecule has 0 fully saturated rings. The number of hydrogen-bond acceptors (Lipinski definition) is 2. The molecule has 0 saturated carbocycles. The van der Waals surface area contributed by atoms with Gasteiger partial charge in [-0.05, 0) is 38.5 Å². The van der Waals surface area contributed by atoms with Crippen molar-refractivity contribution in [2.75, 3.05) is 0 Å². The molecular weight excluding hydrogens is 313 g/mol. The van der Waals surface area contributed by atoms with Gasteiger partial charge in [-0.1, -0.05) is 29.3 Å². The van der Waals surface area contributed by atoms with Crippen LogP contribution in [-0.2, 0) is 4.79 Å². The van der Waals surface area contributed by atoms with Crippen molar-refractivity contribution < 1.29 is 13.9 Å². The molecule has 0 aliphatic carbocycles. The minimum absolute atomic E-state index is 0.0696. The lowest BCUT2D eigenvalue weighted by Gasteiger charge is -2.18. The van der Waals surface area contributed by atoms with Gasteiger partial charge in [0.2, 0.25) is 0 Å². The number of hydrogen-bond donors (Lipinski definition) is 1. The van der Waals surface area contributed by atoms with Gasteiger partial charge in [-0.25, -0.2) is 4.39 Å². The fourth-order valence-corrected chi connectivity index (χ4v) is 2.02. The first-order valence-electron chi connectivity index (χ1n) is 6.36. The fraction of sp³-hybridized carbons (Fsp3) is 0.500. The maximum Gasteiger partial charge on any atom is 0.260 e. The highest BCUT2D eigenvalue weighted by molar-refractivity contribution is 9.10. The highest BCUT2D eigenvalue weighted by atomic mass is 79.9. The van der Waals surface area contributed by atoms with Gasteiger partial charge in [-0.15, -0.1) is 0 Å². The lowest BCUT2D eigenvalue weighted by Crippen LogP contribution is -2.41. The highest BCUT2D eigenvalue weighted by Gasteiger charge is 2.18. The van der Waals surface area contributed by atoms with Crippen molar-refractivity contribution >= 4 is 21.8 Å². The van der Waals surface area contributed by atoms with E-state index in [1.165, 1.54) is 12.1 Å². The summed E-state index contributed by atoms with van der Waals surface area (Å²) >= 11 is 3.24. The predicted molar refractivity (Wildman–Crippen MR) is 76.7 cm³/mol. The minimum atomic E-state index is -0.733. The third kappa shape index (κ3) is 5.19. The summed E-state index contributed by atoms with van der Waals surface area (Å²) in [6.45, 7) is 5.60. The molecular formula is C14H19BrFNO2. The average molecular weight is 332 g/mol. The van der Waals surface area contributed by atoms with Gasteiger partial charge in [0.25, 0.3) is 5.91 Å². The van der Waals surface area contributed by atoms with Gasteiger partial charge >= 0.3 is 0 Å². The van der Waals surface area contributed by atoms with Gasteiger partial charge in [0, 0.05) is 10.5 Å². The van der Waals surface area contributed by atoms with Crippen molar-refractivity contribution in [2.45, 2.75) is 45.8 Å². The molecule has 0 heterocycles. The second-order valence-corrected chi connectivity index (χ2v) is 5.45. The first kappa shape index (κ1) is 16.0. The van der Waals surface area contributed by atoms with Crippen LogP contribution in [0.3, 0.4) is 0 Å².